The van der Waals surface area contributed by atoms with Gasteiger partial charge in [-0.1, -0.05) is 11.6 Å². The maximum atomic E-state index is 5.84. The Morgan fingerprint density at radius 3 is 3.13 bits per heavy atom. The number of aromatic nitrogens is 1. The van der Waals surface area contributed by atoms with E-state index in [1.807, 2.05) is 5.38 Å². The SMILES string of the molecule is CN(c1nc(Cl)cs1)C1CCCNCC1. The Hall–Kier alpha value is -0.320. The average molecular weight is 246 g/mol. The summed E-state index contributed by atoms with van der Waals surface area (Å²) in [4.78, 5) is 6.57. The van der Waals surface area contributed by atoms with Crippen LogP contribution in [0, 0.1) is 0 Å². The van der Waals surface area contributed by atoms with Crippen molar-refractivity contribution in [1.29, 1.82) is 0 Å². The zero-order chi connectivity index (χ0) is 10.7. The first kappa shape index (κ1) is 11.2. The monoisotopic (exact) mass is 245 g/mol. The van der Waals surface area contributed by atoms with Crippen molar-refractivity contribution in [2.24, 2.45) is 0 Å². The maximum absolute atomic E-state index is 5.84. The number of hydrogen-bond donors (Lipinski definition) is 1. The van der Waals surface area contributed by atoms with E-state index in [0.29, 0.717) is 11.2 Å². The second-order valence-corrected chi connectivity index (χ2v) is 5.12. The normalized spacial score (nSPS) is 22.4. The molecule has 1 aliphatic rings. The van der Waals surface area contributed by atoms with E-state index in [1.165, 1.54) is 19.3 Å². The van der Waals surface area contributed by atoms with Crippen LogP contribution in [0.25, 0.3) is 0 Å². The third kappa shape index (κ3) is 2.83. The Morgan fingerprint density at radius 2 is 2.40 bits per heavy atom. The Morgan fingerprint density at radius 1 is 1.53 bits per heavy atom. The molecule has 84 valence electrons. The molecule has 1 aromatic rings. The minimum absolute atomic E-state index is 0.599. The van der Waals surface area contributed by atoms with Gasteiger partial charge in [0.25, 0.3) is 0 Å². The number of rotatable bonds is 2. The van der Waals surface area contributed by atoms with Gasteiger partial charge in [-0.05, 0) is 32.4 Å². The van der Waals surface area contributed by atoms with Gasteiger partial charge in [-0.3, -0.25) is 0 Å². The van der Waals surface area contributed by atoms with Crippen molar-refractivity contribution in [3.63, 3.8) is 0 Å². The molecule has 5 heteroatoms. The molecule has 1 unspecified atom stereocenters. The summed E-state index contributed by atoms with van der Waals surface area (Å²) in [6.07, 6.45) is 3.67. The number of nitrogens with zero attached hydrogens (tertiary/aromatic N) is 2. The minimum atomic E-state index is 0.599. The van der Waals surface area contributed by atoms with Crippen molar-refractivity contribution in [3.05, 3.63) is 10.5 Å². The van der Waals surface area contributed by atoms with Crippen LogP contribution in [0.4, 0.5) is 5.13 Å². The van der Waals surface area contributed by atoms with E-state index in [-0.39, 0.29) is 0 Å². The molecule has 0 amide bonds. The molecule has 0 aliphatic carbocycles. The Kier molecular flexibility index (Phi) is 3.83. The first-order chi connectivity index (χ1) is 7.27. The number of halogens is 1. The van der Waals surface area contributed by atoms with Gasteiger partial charge in [0.15, 0.2) is 5.13 Å². The molecule has 2 rings (SSSR count). The zero-order valence-corrected chi connectivity index (χ0v) is 10.4. The lowest BCUT2D eigenvalue weighted by molar-refractivity contribution is 0.566. The molecule has 1 aliphatic heterocycles. The van der Waals surface area contributed by atoms with Gasteiger partial charge in [0, 0.05) is 18.5 Å². The van der Waals surface area contributed by atoms with E-state index in [4.69, 9.17) is 11.6 Å². The lowest BCUT2D eigenvalue weighted by atomic mass is 10.1. The van der Waals surface area contributed by atoms with Gasteiger partial charge in [-0.25, -0.2) is 4.98 Å². The molecule has 1 aromatic heterocycles. The van der Waals surface area contributed by atoms with Crippen molar-refractivity contribution in [2.45, 2.75) is 25.3 Å². The smallest absolute Gasteiger partial charge is 0.186 e. The number of anilines is 1. The van der Waals surface area contributed by atoms with Crippen LogP contribution in [0.2, 0.25) is 5.15 Å². The van der Waals surface area contributed by atoms with Crippen LogP contribution >= 0.6 is 22.9 Å². The number of thiazole rings is 1. The van der Waals surface area contributed by atoms with Gasteiger partial charge < -0.3 is 10.2 Å². The van der Waals surface area contributed by atoms with Crippen molar-refractivity contribution in [2.75, 3.05) is 25.0 Å². The fourth-order valence-electron chi connectivity index (χ4n) is 1.95. The predicted molar refractivity (Wildman–Crippen MR) is 66.0 cm³/mol. The molecule has 0 spiro atoms. The van der Waals surface area contributed by atoms with Gasteiger partial charge in [-0.15, -0.1) is 11.3 Å². The van der Waals surface area contributed by atoms with Gasteiger partial charge in [0.2, 0.25) is 0 Å². The summed E-state index contributed by atoms with van der Waals surface area (Å²) in [5, 5.41) is 6.95. The van der Waals surface area contributed by atoms with Crippen LogP contribution in [0.1, 0.15) is 19.3 Å². The van der Waals surface area contributed by atoms with Gasteiger partial charge in [-0.2, -0.15) is 0 Å². The molecule has 0 radical (unpaired) electrons. The van der Waals surface area contributed by atoms with E-state index in [2.05, 4.69) is 22.2 Å². The summed E-state index contributed by atoms with van der Waals surface area (Å²) in [6.45, 7) is 2.25. The molecule has 1 atom stereocenters. The van der Waals surface area contributed by atoms with Crippen LogP contribution in [0.5, 0.6) is 0 Å². The summed E-state index contributed by atoms with van der Waals surface area (Å²) >= 11 is 7.46. The number of nitrogens with one attached hydrogen (secondary N) is 1. The van der Waals surface area contributed by atoms with Crippen molar-refractivity contribution in [1.82, 2.24) is 10.3 Å². The third-order valence-electron chi connectivity index (χ3n) is 2.86. The Bertz CT molecular complexity index is 307. The quantitative estimate of drug-likeness (QED) is 0.867. The summed E-state index contributed by atoms with van der Waals surface area (Å²) < 4.78 is 0. The Balaban J connectivity index is 2.02. The van der Waals surface area contributed by atoms with Crippen LogP contribution in [0.3, 0.4) is 0 Å². The average Bonchev–Trinajstić information content (AvgIpc) is 2.53. The fraction of sp³-hybridized carbons (Fsp3) is 0.700. The highest BCUT2D eigenvalue weighted by Gasteiger charge is 2.18. The molecule has 0 aromatic carbocycles. The predicted octanol–water partition coefficient (Wildman–Crippen LogP) is 2.37. The molecule has 15 heavy (non-hydrogen) atoms. The molecule has 2 heterocycles. The van der Waals surface area contributed by atoms with Gasteiger partial charge in [0.05, 0.1) is 0 Å². The van der Waals surface area contributed by atoms with E-state index in [1.54, 1.807) is 11.3 Å². The highest BCUT2D eigenvalue weighted by molar-refractivity contribution is 7.14. The molecule has 0 bridgehead atoms. The van der Waals surface area contributed by atoms with Gasteiger partial charge in [0.1, 0.15) is 5.15 Å². The zero-order valence-electron chi connectivity index (χ0n) is 8.87. The molecule has 1 N–H and O–H groups in total. The maximum Gasteiger partial charge on any atom is 0.186 e. The second kappa shape index (κ2) is 5.14. The van der Waals surface area contributed by atoms with Crippen molar-refractivity contribution >= 4 is 28.1 Å². The summed E-state index contributed by atoms with van der Waals surface area (Å²) in [6, 6.07) is 0.599. The molecule has 0 saturated carbocycles. The second-order valence-electron chi connectivity index (χ2n) is 3.90. The van der Waals surface area contributed by atoms with Crippen molar-refractivity contribution in [3.8, 4) is 0 Å². The van der Waals surface area contributed by atoms with E-state index in [9.17, 15) is 0 Å². The largest absolute Gasteiger partial charge is 0.348 e. The number of hydrogen-bond acceptors (Lipinski definition) is 4. The van der Waals surface area contributed by atoms with E-state index in [0.717, 1.165) is 18.2 Å². The molecule has 3 nitrogen and oxygen atoms in total. The topological polar surface area (TPSA) is 28.2 Å². The summed E-state index contributed by atoms with van der Waals surface area (Å²) in [5.41, 5.74) is 0. The van der Waals surface area contributed by atoms with Crippen LogP contribution < -0.4 is 10.2 Å². The highest BCUT2D eigenvalue weighted by Crippen LogP contribution is 2.26. The fourth-order valence-corrected chi connectivity index (χ4v) is 2.94. The molecule has 1 fully saturated rings. The van der Waals surface area contributed by atoms with Gasteiger partial charge >= 0.3 is 0 Å². The van der Waals surface area contributed by atoms with E-state index >= 15 is 0 Å². The first-order valence-electron chi connectivity index (χ1n) is 5.32. The molecular formula is C10H16ClN3S. The standard InChI is InChI=1S/C10H16ClN3S/c1-14(10-13-9(11)7-15-10)8-3-2-5-12-6-4-8/h7-8,12H,2-6H2,1H3. The Labute approximate surface area is 99.5 Å². The highest BCUT2D eigenvalue weighted by atomic mass is 35.5. The summed E-state index contributed by atoms with van der Waals surface area (Å²) in [5.74, 6) is 0. The lowest BCUT2D eigenvalue weighted by Crippen LogP contribution is -2.32. The minimum Gasteiger partial charge on any atom is -0.348 e. The van der Waals surface area contributed by atoms with Crippen LogP contribution in [-0.2, 0) is 0 Å². The summed E-state index contributed by atoms with van der Waals surface area (Å²) in [7, 11) is 2.12. The first-order valence-corrected chi connectivity index (χ1v) is 6.57. The van der Waals surface area contributed by atoms with Crippen LogP contribution in [-0.4, -0.2) is 31.2 Å². The molecular weight excluding hydrogens is 230 g/mol. The van der Waals surface area contributed by atoms with Crippen LogP contribution in [0.15, 0.2) is 5.38 Å². The lowest BCUT2D eigenvalue weighted by Gasteiger charge is -2.26. The van der Waals surface area contributed by atoms with Crippen molar-refractivity contribution < 1.29 is 0 Å². The third-order valence-corrected chi connectivity index (χ3v) is 4.11. The van der Waals surface area contributed by atoms with E-state index < -0.39 is 0 Å². The molecule has 1 saturated heterocycles.